The van der Waals surface area contributed by atoms with Crippen molar-refractivity contribution >= 4 is 17.0 Å². The molecule has 2 N–H and O–H groups in total. The van der Waals surface area contributed by atoms with Crippen LogP contribution in [0.4, 0.5) is 0 Å². The minimum absolute atomic E-state index is 0.0595. The van der Waals surface area contributed by atoms with Crippen molar-refractivity contribution in [3.05, 3.63) is 93.5 Å². The maximum atomic E-state index is 12.0. The van der Waals surface area contributed by atoms with Crippen LogP contribution in [0, 0.1) is 13.8 Å². The van der Waals surface area contributed by atoms with Gasteiger partial charge in [-0.15, -0.1) is 5.10 Å². The van der Waals surface area contributed by atoms with Crippen molar-refractivity contribution in [3.63, 3.8) is 0 Å². The van der Waals surface area contributed by atoms with E-state index in [2.05, 4.69) is 10.3 Å². The molecule has 212 valence electrons. The van der Waals surface area contributed by atoms with Crippen LogP contribution in [0.2, 0.25) is 0 Å². The number of carboxylic acid groups (broad SMARTS) is 1. The topological polar surface area (TPSA) is 107 Å². The Hall–Kier alpha value is -3.59. The Labute approximate surface area is 235 Å². The number of fused-ring (bicyclic) bond motifs is 1. The molecule has 0 bridgehead atoms. The minimum Gasteiger partial charge on any atom is -0.481 e. The lowest BCUT2D eigenvalue weighted by Crippen LogP contribution is -2.14. The van der Waals surface area contributed by atoms with Gasteiger partial charge in [-0.25, -0.2) is 4.68 Å². The predicted molar refractivity (Wildman–Crippen MR) is 154 cm³/mol. The molecule has 0 saturated carbocycles. The molecule has 0 aliphatic carbocycles. The van der Waals surface area contributed by atoms with E-state index in [1.807, 2.05) is 80.1 Å². The fourth-order valence-electron chi connectivity index (χ4n) is 5.52. The fraction of sp³-hybridized carbons (Fsp3) is 0.406. The van der Waals surface area contributed by atoms with Gasteiger partial charge in [0, 0.05) is 5.92 Å². The third-order valence-electron chi connectivity index (χ3n) is 7.43. The van der Waals surface area contributed by atoms with Crippen LogP contribution in [-0.4, -0.2) is 51.0 Å². The zero-order valence-corrected chi connectivity index (χ0v) is 23.8. The average molecular weight is 546 g/mol. The molecule has 0 spiro atoms. The SMILES string of the molecule is CCc1c(C(CC(=O)O)c2ccc3c(nnn3CCOCCOCc3ccccc3)c2C)ccc(C)c1C(C)O. The highest BCUT2D eigenvalue weighted by Gasteiger charge is 2.26. The van der Waals surface area contributed by atoms with Crippen molar-refractivity contribution in [2.24, 2.45) is 0 Å². The molecule has 0 aliphatic rings. The molecule has 8 nitrogen and oxygen atoms in total. The Morgan fingerprint density at radius 3 is 2.40 bits per heavy atom. The first-order chi connectivity index (χ1) is 19.3. The molecule has 1 aromatic heterocycles. The molecule has 2 atom stereocenters. The molecule has 3 aromatic carbocycles. The quantitative estimate of drug-likeness (QED) is 0.201. The van der Waals surface area contributed by atoms with Crippen molar-refractivity contribution in [1.29, 1.82) is 0 Å². The number of carbonyl (C=O) groups is 1. The molecule has 0 aliphatic heterocycles. The van der Waals surface area contributed by atoms with Crippen LogP contribution in [0.25, 0.3) is 11.0 Å². The van der Waals surface area contributed by atoms with E-state index in [4.69, 9.17) is 9.47 Å². The molecule has 4 aromatic rings. The van der Waals surface area contributed by atoms with E-state index in [1.165, 1.54) is 0 Å². The molecule has 0 amide bonds. The number of aryl methyl sites for hydroxylation is 2. The number of ether oxygens (including phenoxy) is 2. The van der Waals surface area contributed by atoms with Gasteiger partial charge in [-0.2, -0.15) is 0 Å². The summed E-state index contributed by atoms with van der Waals surface area (Å²) in [6.07, 6.45) is -0.000485. The van der Waals surface area contributed by atoms with Gasteiger partial charge in [-0.3, -0.25) is 4.79 Å². The zero-order chi connectivity index (χ0) is 28.6. The van der Waals surface area contributed by atoms with Crippen molar-refractivity contribution in [2.45, 2.75) is 65.7 Å². The predicted octanol–water partition coefficient (Wildman–Crippen LogP) is 5.50. The van der Waals surface area contributed by atoms with Crippen LogP contribution in [0.5, 0.6) is 0 Å². The van der Waals surface area contributed by atoms with E-state index in [-0.39, 0.29) is 12.3 Å². The third kappa shape index (κ3) is 6.75. The van der Waals surface area contributed by atoms with Crippen LogP contribution in [0.15, 0.2) is 54.6 Å². The van der Waals surface area contributed by atoms with Gasteiger partial charge in [-0.1, -0.05) is 60.7 Å². The number of aliphatic hydroxyl groups excluding tert-OH is 1. The maximum Gasteiger partial charge on any atom is 0.304 e. The first kappa shape index (κ1) is 29.4. The molecule has 40 heavy (non-hydrogen) atoms. The summed E-state index contributed by atoms with van der Waals surface area (Å²) in [5, 5.41) is 29.1. The van der Waals surface area contributed by atoms with Gasteiger partial charge in [-0.05, 0) is 72.2 Å². The number of aliphatic carboxylic acids is 1. The number of benzene rings is 3. The number of rotatable bonds is 14. The van der Waals surface area contributed by atoms with Gasteiger partial charge < -0.3 is 19.7 Å². The second-order valence-corrected chi connectivity index (χ2v) is 10.2. The van der Waals surface area contributed by atoms with Crippen molar-refractivity contribution in [1.82, 2.24) is 15.0 Å². The summed E-state index contributed by atoms with van der Waals surface area (Å²) in [5.74, 6) is -1.25. The smallest absolute Gasteiger partial charge is 0.304 e. The first-order valence-corrected chi connectivity index (χ1v) is 13.9. The summed E-state index contributed by atoms with van der Waals surface area (Å²) in [4.78, 5) is 12.0. The third-order valence-corrected chi connectivity index (χ3v) is 7.43. The summed E-state index contributed by atoms with van der Waals surface area (Å²) in [6, 6.07) is 18.0. The van der Waals surface area contributed by atoms with Crippen LogP contribution < -0.4 is 0 Å². The molecule has 2 unspecified atom stereocenters. The monoisotopic (exact) mass is 545 g/mol. The summed E-state index contributed by atoms with van der Waals surface area (Å²) in [6.45, 7) is 10.3. The first-order valence-electron chi connectivity index (χ1n) is 13.9. The second-order valence-electron chi connectivity index (χ2n) is 10.2. The van der Waals surface area contributed by atoms with Gasteiger partial charge in [0.2, 0.25) is 0 Å². The fourth-order valence-corrected chi connectivity index (χ4v) is 5.52. The van der Waals surface area contributed by atoms with E-state index in [9.17, 15) is 15.0 Å². The van der Waals surface area contributed by atoms with Crippen LogP contribution in [0.3, 0.4) is 0 Å². The van der Waals surface area contributed by atoms with Gasteiger partial charge in [0.25, 0.3) is 0 Å². The van der Waals surface area contributed by atoms with E-state index in [0.717, 1.165) is 50.0 Å². The van der Waals surface area contributed by atoms with Crippen LogP contribution in [0.1, 0.15) is 71.2 Å². The summed E-state index contributed by atoms with van der Waals surface area (Å²) < 4.78 is 13.2. The van der Waals surface area contributed by atoms with E-state index < -0.39 is 12.1 Å². The van der Waals surface area contributed by atoms with E-state index in [1.54, 1.807) is 6.92 Å². The lowest BCUT2D eigenvalue weighted by molar-refractivity contribution is -0.137. The molecule has 4 rings (SSSR count). The lowest BCUT2D eigenvalue weighted by atomic mass is 9.80. The highest BCUT2D eigenvalue weighted by atomic mass is 16.5. The number of aromatic nitrogens is 3. The Morgan fingerprint density at radius 1 is 0.975 bits per heavy atom. The standard InChI is InChI=1S/C32H39N3O5/c1-5-25-27(12-11-21(2)31(25)23(4)36)28(19-30(37)38)26-13-14-29-32(22(26)3)33-34-35(29)15-16-39-17-18-40-20-24-9-7-6-8-10-24/h6-14,23,28,36H,5,15-20H2,1-4H3,(H,37,38). The lowest BCUT2D eigenvalue weighted by Gasteiger charge is -2.25. The maximum absolute atomic E-state index is 12.0. The molecule has 1 heterocycles. The van der Waals surface area contributed by atoms with Gasteiger partial charge >= 0.3 is 5.97 Å². The highest BCUT2D eigenvalue weighted by molar-refractivity contribution is 5.80. The van der Waals surface area contributed by atoms with Crippen LogP contribution in [-0.2, 0) is 33.8 Å². The highest BCUT2D eigenvalue weighted by Crippen LogP contribution is 2.38. The van der Waals surface area contributed by atoms with Gasteiger partial charge in [0.15, 0.2) is 0 Å². The number of aliphatic hydroxyl groups is 1. The van der Waals surface area contributed by atoms with Gasteiger partial charge in [0.05, 0.1) is 51.0 Å². The Balaban J connectivity index is 1.49. The number of hydrogen-bond donors (Lipinski definition) is 2. The summed E-state index contributed by atoms with van der Waals surface area (Å²) in [5.41, 5.74) is 8.40. The van der Waals surface area contributed by atoms with Crippen molar-refractivity contribution in [2.75, 3.05) is 19.8 Å². The summed E-state index contributed by atoms with van der Waals surface area (Å²) >= 11 is 0. The van der Waals surface area contributed by atoms with Gasteiger partial charge in [0.1, 0.15) is 5.52 Å². The Kier molecular flexibility index (Phi) is 10.0. The van der Waals surface area contributed by atoms with Crippen LogP contribution >= 0.6 is 0 Å². The molecule has 0 fully saturated rings. The zero-order valence-electron chi connectivity index (χ0n) is 23.8. The van der Waals surface area contributed by atoms with Crippen molar-refractivity contribution < 1.29 is 24.5 Å². The number of nitrogens with zero attached hydrogens (tertiary/aromatic N) is 3. The molecular formula is C32H39N3O5. The molecule has 0 saturated heterocycles. The Bertz CT molecular complexity index is 1430. The number of hydrogen-bond acceptors (Lipinski definition) is 6. The minimum atomic E-state index is -0.876. The van der Waals surface area contributed by atoms with E-state index in [0.29, 0.717) is 39.4 Å². The number of carboxylic acids is 1. The molecular weight excluding hydrogens is 506 g/mol. The van der Waals surface area contributed by atoms with Crippen molar-refractivity contribution in [3.8, 4) is 0 Å². The average Bonchev–Trinajstić information content (AvgIpc) is 3.35. The molecule has 8 heteroatoms. The second kappa shape index (κ2) is 13.7. The molecule has 0 radical (unpaired) electrons. The summed E-state index contributed by atoms with van der Waals surface area (Å²) in [7, 11) is 0. The Morgan fingerprint density at radius 2 is 1.70 bits per heavy atom. The normalized spacial score (nSPS) is 13.0. The van der Waals surface area contributed by atoms with E-state index >= 15 is 0 Å². The largest absolute Gasteiger partial charge is 0.481 e.